The molecule has 20 heavy (non-hydrogen) atoms. The van der Waals surface area contributed by atoms with Crippen LogP contribution in [0.3, 0.4) is 0 Å². The van der Waals surface area contributed by atoms with Crippen LogP contribution in [0, 0.1) is 11.3 Å². The lowest BCUT2D eigenvalue weighted by atomic mass is 10.00. The highest BCUT2D eigenvalue weighted by atomic mass is 79.9. The Morgan fingerprint density at radius 3 is 2.70 bits per heavy atom. The molecule has 0 saturated heterocycles. The van der Waals surface area contributed by atoms with Crippen LogP contribution < -0.4 is 4.74 Å². The van der Waals surface area contributed by atoms with E-state index in [1.165, 1.54) is 12.1 Å². The minimum Gasteiger partial charge on any atom is -0.466 e. The number of hydrogen-bond donors (Lipinski definition) is 0. The Bertz CT molecular complexity index is 529. The van der Waals surface area contributed by atoms with Gasteiger partial charge in [0.1, 0.15) is 5.75 Å². The normalized spacial score (nSPS) is 10.2. The summed E-state index contributed by atoms with van der Waals surface area (Å²) in [5, 5.41) is 9.36. The monoisotopic (exact) mass is 347 g/mol. The van der Waals surface area contributed by atoms with Crippen LogP contribution in [0.5, 0.6) is 5.75 Å². The van der Waals surface area contributed by atoms with Crippen molar-refractivity contribution in [2.45, 2.75) is 25.3 Å². The van der Waals surface area contributed by atoms with Crippen LogP contribution in [0.15, 0.2) is 12.1 Å². The van der Waals surface area contributed by atoms with Crippen molar-refractivity contribution in [3.63, 3.8) is 0 Å². The minimum atomic E-state index is -2.99. The molecule has 0 fully saturated rings. The quantitative estimate of drug-likeness (QED) is 0.585. The first-order valence-corrected chi connectivity index (χ1v) is 6.86. The van der Waals surface area contributed by atoms with E-state index in [0.717, 1.165) is 0 Å². The first-order valence-electron chi connectivity index (χ1n) is 5.74. The summed E-state index contributed by atoms with van der Waals surface area (Å²) < 4.78 is 33.6. The van der Waals surface area contributed by atoms with Crippen LogP contribution in [-0.4, -0.2) is 19.2 Å². The van der Waals surface area contributed by atoms with Crippen LogP contribution in [0.2, 0.25) is 0 Å². The third-order valence-electron chi connectivity index (χ3n) is 2.44. The molecule has 0 aliphatic carbocycles. The Morgan fingerprint density at radius 1 is 1.50 bits per heavy atom. The molecular formula is C13H12BrF2NO3. The number of hydrogen-bond acceptors (Lipinski definition) is 4. The maximum absolute atomic E-state index is 12.2. The van der Waals surface area contributed by atoms with Gasteiger partial charge in [-0.2, -0.15) is 14.0 Å². The maximum atomic E-state index is 12.2. The Kier molecular flexibility index (Phi) is 6.39. The van der Waals surface area contributed by atoms with E-state index < -0.39 is 12.6 Å². The molecule has 1 aromatic rings. The van der Waals surface area contributed by atoms with Crippen molar-refractivity contribution in [3.05, 3.63) is 28.8 Å². The Morgan fingerprint density at radius 2 is 2.20 bits per heavy atom. The molecule has 0 aliphatic heterocycles. The zero-order valence-corrected chi connectivity index (χ0v) is 12.2. The number of halogens is 3. The fourth-order valence-electron chi connectivity index (χ4n) is 1.66. The number of rotatable bonds is 6. The molecule has 0 aromatic heterocycles. The Balaban J connectivity index is 3.17. The largest absolute Gasteiger partial charge is 0.466 e. The lowest BCUT2D eigenvalue weighted by Gasteiger charge is -2.12. The molecule has 1 rings (SSSR count). The number of ether oxygens (including phenoxy) is 2. The van der Waals surface area contributed by atoms with Crippen LogP contribution in [-0.2, 0) is 21.3 Å². The van der Waals surface area contributed by atoms with E-state index >= 15 is 0 Å². The average Bonchev–Trinajstić information content (AvgIpc) is 2.37. The van der Waals surface area contributed by atoms with Crippen molar-refractivity contribution in [3.8, 4) is 11.8 Å². The van der Waals surface area contributed by atoms with Crippen molar-refractivity contribution >= 4 is 21.9 Å². The molecule has 0 spiro atoms. The lowest BCUT2D eigenvalue weighted by Crippen LogP contribution is -2.11. The molecule has 0 aliphatic rings. The second kappa shape index (κ2) is 7.80. The summed E-state index contributed by atoms with van der Waals surface area (Å²) in [4.78, 5) is 11.5. The lowest BCUT2D eigenvalue weighted by molar-refractivity contribution is -0.142. The van der Waals surface area contributed by atoms with Gasteiger partial charge >= 0.3 is 12.6 Å². The number of nitrogens with zero attached hydrogens (tertiary/aromatic N) is 1. The molecule has 108 valence electrons. The summed E-state index contributed by atoms with van der Waals surface area (Å²) >= 11 is 3.21. The fourth-order valence-corrected chi connectivity index (χ4v) is 2.32. The molecule has 7 heteroatoms. The Labute approximate surface area is 123 Å². The van der Waals surface area contributed by atoms with Gasteiger partial charge in [-0.3, -0.25) is 4.79 Å². The van der Waals surface area contributed by atoms with Gasteiger partial charge < -0.3 is 9.47 Å². The fraction of sp³-hybridized carbons (Fsp3) is 0.385. The number of benzene rings is 1. The van der Waals surface area contributed by atoms with Gasteiger partial charge in [0.15, 0.2) is 0 Å². The van der Waals surface area contributed by atoms with Gasteiger partial charge in [0, 0.05) is 5.33 Å². The molecule has 0 radical (unpaired) electrons. The standard InChI is InChI=1S/C13H12BrF2NO3/c1-2-19-12(18)5-8-3-10(20-13(15)16)4-9(7-17)11(8)6-14/h3-4,13H,2,5-6H2,1H3. The third kappa shape index (κ3) is 4.46. The molecule has 0 amide bonds. The molecule has 4 nitrogen and oxygen atoms in total. The average molecular weight is 348 g/mol. The van der Waals surface area contributed by atoms with Gasteiger partial charge in [-0.1, -0.05) is 15.9 Å². The SMILES string of the molecule is CCOC(=O)Cc1cc(OC(F)F)cc(C#N)c1CBr. The van der Waals surface area contributed by atoms with Gasteiger partial charge in [0.2, 0.25) is 0 Å². The number of esters is 1. The van der Waals surface area contributed by atoms with E-state index in [-0.39, 0.29) is 24.3 Å². The van der Waals surface area contributed by atoms with Crippen LogP contribution in [0.1, 0.15) is 23.6 Å². The highest BCUT2D eigenvalue weighted by Crippen LogP contribution is 2.26. The highest BCUT2D eigenvalue weighted by molar-refractivity contribution is 9.08. The predicted molar refractivity (Wildman–Crippen MR) is 70.8 cm³/mol. The van der Waals surface area contributed by atoms with E-state index in [2.05, 4.69) is 20.7 Å². The molecule has 0 bridgehead atoms. The highest BCUT2D eigenvalue weighted by Gasteiger charge is 2.16. The number of carbonyl (C=O) groups is 1. The summed E-state index contributed by atoms with van der Waals surface area (Å²) in [6.45, 7) is -1.10. The molecule has 0 atom stereocenters. The van der Waals surface area contributed by atoms with Crippen molar-refractivity contribution in [2.75, 3.05) is 6.61 Å². The van der Waals surface area contributed by atoms with E-state index in [1.807, 2.05) is 6.07 Å². The smallest absolute Gasteiger partial charge is 0.387 e. The minimum absolute atomic E-state index is 0.107. The van der Waals surface area contributed by atoms with Gasteiger partial charge in [0.25, 0.3) is 0 Å². The summed E-state index contributed by atoms with van der Waals surface area (Å²) in [5.74, 6) is -0.645. The maximum Gasteiger partial charge on any atom is 0.387 e. The van der Waals surface area contributed by atoms with Gasteiger partial charge in [-0.15, -0.1) is 0 Å². The number of carbonyl (C=O) groups excluding carboxylic acids is 1. The third-order valence-corrected chi connectivity index (χ3v) is 3.00. The molecular weight excluding hydrogens is 336 g/mol. The molecule has 0 unspecified atom stereocenters. The van der Waals surface area contributed by atoms with Crippen molar-refractivity contribution in [1.29, 1.82) is 5.26 Å². The topological polar surface area (TPSA) is 59.3 Å². The summed E-state index contributed by atoms with van der Waals surface area (Å²) in [6.07, 6.45) is -0.107. The first-order chi connectivity index (χ1) is 9.51. The van der Waals surface area contributed by atoms with Gasteiger partial charge in [-0.05, 0) is 30.2 Å². The molecule has 0 saturated carbocycles. The number of nitriles is 1. The molecule has 1 aromatic carbocycles. The zero-order chi connectivity index (χ0) is 15.1. The first kappa shape index (κ1) is 16.4. The molecule has 0 heterocycles. The van der Waals surface area contributed by atoms with E-state index in [1.54, 1.807) is 6.92 Å². The van der Waals surface area contributed by atoms with E-state index in [9.17, 15) is 13.6 Å². The molecule has 0 N–H and O–H groups in total. The predicted octanol–water partition coefficient (Wildman–Crippen LogP) is 3.16. The number of alkyl halides is 3. The van der Waals surface area contributed by atoms with Crippen molar-refractivity contribution < 1.29 is 23.0 Å². The van der Waals surface area contributed by atoms with Crippen LogP contribution in [0.4, 0.5) is 8.78 Å². The van der Waals surface area contributed by atoms with Crippen LogP contribution >= 0.6 is 15.9 Å². The van der Waals surface area contributed by atoms with Crippen molar-refractivity contribution in [2.24, 2.45) is 0 Å². The summed E-state index contributed by atoms with van der Waals surface area (Å²) in [7, 11) is 0. The second-order valence-corrected chi connectivity index (χ2v) is 4.27. The summed E-state index contributed by atoms with van der Waals surface area (Å²) in [6, 6.07) is 4.44. The van der Waals surface area contributed by atoms with Gasteiger partial charge in [-0.25, -0.2) is 0 Å². The second-order valence-electron chi connectivity index (χ2n) is 3.71. The van der Waals surface area contributed by atoms with E-state index in [4.69, 9.17) is 10.00 Å². The van der Waals surface area contributed by atoms with E-state index in [0.29, 0.717) is 16.5 Å². The van der Waals surface area contributed by atoms with Gasteiger partial charge in [0.05, 0.1) is 24.7 Å². The summed E-state index contributed by atoms with van der Waals surface area (Å²) in [5.41, 5.74) is 1.16. The van der Waals surface area contributed by atoms with Crippen molar-refractivity contribution in [1.82, 2.24) is 0 Å². The Hall–Kier alpha value is -1.68. The zero-order valence-electron chi connectivity index (χ0n) is 10.7. The van der Waals surface area contributed by atoms with Crippen LogP contribution in [0.25, 0.3) is 0 Å².